The van der Waals surface area contributed by atoms with E-state index in [9.17, 15) is 17.2 Å². The summed E-state index contributed by atoms with van der Waals surface area (Å²) in [7, 11) is -4.34. The maximum Gasteiger partial charge on any atom is 0.340 e. The SMILES string of the molecule is CC1=CC=C(S(=O)(=O)C(F)F)CC1. The van der Waals surface area contributed by atoms with Gasteiger partial charge in [0.05, 0.1) is 4.91 Å². The molecule has 0 aromatic rings. The molecule has 0 N–H and O–H groups in total. The molecule has 0 atom stereocenters. The van der Waals surface area contributed by atoms with E-state index in [1.54, 1.807) is 6.08 Å². The first kappa shape index (κ1) is 10.4. The van der Waals surface area contributed by atoms with Crippen molar-refractivity contribution in [2.75, 3.05) is 0 Å². The summed E-state index contributed by atoms with van der Waals surface area (Å²) in [4.78, 5) is -0.159. The Morgan fingerprint density at radius 1 is 1.31 bits per heavy atom. The first-order valence-electron chi connectivity index (χ1n) is 3.83. The lowest BCUT2D eigenvalue weighted by atomic mass is 10.1. The molecule has 0 amide bonds. The van der Waals surface area contributed by atoms with Crippen LogP contribution in [0.15, 0.2) is 22.6 Å². The van der Waals surface area contributed by atoms with Gasteiger partial charge >= 0.3 is 5.76 Å². The number of hydrogen-bond donors (Lipinski definition) is 0. The molecular weight excluding hydrogens is 198 g/mol. The van der Waals surface area contributed by atoms with Gasteiger partial charge in [-0.25, -0.2) is 8.42 Å². The second-order valence-electron chi connectivity index (χ2n) is 2.95. The van der Waals surface area contributed by atoms with Crippen molar-refractivity contribution in [3.63, 3.8) is 0 Å². The van der Waals surface area contributed by atoms with E-state index in [1.165, 1.54) is 6.08 Å². The average Bonchev–Trinajstić information content (AvgIpc) is 2.04. The van der Waals surface area contributed by atoms with Gasteiger partial charge < -0.3 is 0 Å². The predicted molar refractivity (Wildman–Crippen MR) is 46.0 cm³/mol. The van der Waals surface area contributed by atoms with E-state index in [2.05, 4.69) is 0 Å². The number of allylic oxidation sites excluding steroid dienone is 4. The van der Waals surface area contributed by atoms with Crippen LogP contribution in [0.4, 0.5) is 8.78 Å². The third-order valence-corrected chi connectivity index (χ3v) is 3.46. The van der Waals surface area contributed by atoms with E-state index >= 15 is 0 Å². The summed E-state index contributed by atoms with van der Waals surface area (Å²) in [5.41, 5.74) is 1.01. The summed E-state index contributed by atoms with van der Waals surface area (Å²) in [6.45, 7) is 1.84. The van der Waals surface area contributed by atoms with Gasteiger partial charge in [-0.3, -0.25) is 0 Å². The summed E-state index contributed by atoms with van der Waals surface area (Å²) >= 11 is 0. The van der Waals surface area contributed by atoms with Gasteiger partial charge in [-0.1, -0.05) is 11.6 Å². The van der Waals surface area contributed by atoms with Gasteiger partial charge in [0.2, 0.25) is 9.84 Å². The first-order valence-corrected chi connectivity index (χ1v) is 5.37. The highest BCUT2D eigenvalue weighted by molar-refractivity contribution is 7.95. The second kappa shape index (κ2) is 3.57. The number of hydrogen-bond acceptors (Lipinski definition) is 2. The fourth-order valence-electron chi connectivity index (χ4n) is 1.07. The second-order valence-corrected chi connectivity index (χ2v) is 4.92. The van der Waals surface area contributed by atoms with E-state index in [4.69, 9.17) is 0 Å². The molecule has 74 valence electrons. The summed E-state index contributed by atoms with van der Waals surface area (Å²) in [5, 5.41) is 0. The zero-order chi connectivity index (χ0) is 10.1. The molecule has 0 aromatic carbocycles. The Bertz CT molecular complexity index is 352. The largest absolute Gasteiger partial charge is 0.340 e. The highest BCUT2D eigenvalue weighted by atomic mass is 32.2. The Kier molecular flexibility index (Phi) is 2.85. The Hall–Kier alpha value is -0.710. The van der Waals surface area contributed by atoms with Crippen molar-refractivity contribution >= 4 is 9.84 Å². The molecule has 1 rings (SSSR count). The van der Waals surface area contributed by atoms with E-state index in [0.717, 1.165) is 5.57 Å². The number of halogens is 2. The van der Waals surface area contributed by atoms with Crippen LogP contribution in [0.3, 0.4) is 0 Å². The van der Waals surface area contributed by atoms with Gasteiger partial charge in [-0.15, -0.1) is 0 Å². The third-order valence-electron chi connectivity index (χ3n) is 1.92. The highest BCUT2D eigenvalue weighted by Gasteiger charge is 2.29. The van der Waals surface area contributed by atoms with E-state index in [-0.39, 0.29) is 11.3 Å². The van der Waals surface area contributed by atoms with Crippen molar-refractivity contribution in [3.05, 3.63) is 22.6 Å². The molecule has 0 fully saturated rings. The van der Waals surface area contributed by atoms with Crippen molar-refractivity contribution in [3.8, 4) is 0 Å². The van der Waals surface area contributed by atoms with E-state index in [1.807, 2.05) is 6.92 Å². The fraction of sp³-hybridized carbons (Fsp3) is 0.500. The van der Waals surface area contributed by atoms with Crippen LogP contribution >= 0.6 is 0 Å². The van der Waals surface area contributed by atoms with Crippen molar-refractivity contribution in [1.82, 2.24) is 0 Å². The van der Waals surface area contributed by atoms with Crippen LogP contribution < -0.4 is 0 Å². The molecule has 0 saturated heterocycles. The minimum absolute atomic E-state index is 0.159. The summed E-state index contributed by atoms with van der Waals surface area (Å²) in [6.07, 6.45) is 3.56. The summed E-state index contributed by atoms with van der Waals surface area (Å²) in [5.74, 6) is -3.30. The zero-order valence-corrected chi connectivity index (χ0v) is 7.94. The van der Waals surface area contributed by atoms with E-state index < -0.39 is 15.6 Å². The van der Waals surface area contributed by atoms with Crippen LogP contribution in [0.2, 0.25) is 0 Å². The first-order chi connectivity index (χ1) is 5.94. The minimum Gasteiger partial charge on any atom is -0.218 e. The number of sulfone groups is 1. The Labute approximate surface area is 75.9 Å². The predicted octanol–water partition coefficient (Wildman–Crippen LogP) is 2.25. The average molecular weight is 208 g/mol. The van der Waals surface area contributed by atoms with Crippen LogP contribution in [0, 0.1) is 0 Å². The molecule has 0 aliphatic heterocycles. The Balaban J connectivity index is 2.98. The van der Waals surface area contributed by atoms with Crippen molar-refractivity contribution in [2.24, 2.45) is 0 Å². The minimum atomic E-state index is -4.34. The van der Waals surface area contributed by atoms with Crippen LogP contribution in [-0.4, -0.2) is 14.2 Å². The van der Waals surface area contributed by atoms with Crippen LogP contribution in [0.25, 0.3) is 0 Å². The topological polar surface area (TPSA) is 34.1 Å². The maximum absolute atomic E-state index is 12.0. The molecule has 0 saturated carbocycles. The molecule has 0 radical (unpaired) electrons. The van der Waals surface area contributed by atoms with Crippen LogP contribution in [0.1, 0.15) is 19.8 Å². The smallest absolute Gasteiger partial charge is 0.218 e. The van der Waals surface area contributed by atoms with Gasteiger partial charge in [0, 0.05) is 0 Å². The molecule has 0 aromatic heterocycles. The standard InChI is InChI=1S/C8H10F2O2S/c1-6-2-4-7(5-3-6)13(11,12)8(9)10/h2,4,8H,3,5H2,1H3. The highest BCUT2D eigenvalue weighted by Crippen LogP contribution is 2.25. The summed E-state index contributed by atoms with van der Waals surface area (Å²) < 4.78 is 46.0. The fourth-order valence-corrected chi connectivity index (χ4v) is 1.95. The monoisotopic (exact) mass is 208 g/mol. The van der Waals surface area contributed by atoms with Crippen LogP contribution in [-0.2, 0) is 9.84 Å². The molecule has 0 bridgehead atoms. The lowest BCUT2D eigenvalue weighted by Gasteiger charge is -2.11. The Morgan fingerprint density at radius 2 is 1.92 bits per heavy atom. The molecule has 0 unspecified atom stereocenters. The molecule has 1 aliphatic carbocycles. The molecule has 0 heterocycles. The van der Waals surface area contributed by atoms with Crippen molar-refractivity contribution in [1.29, 1.82) is 0 Å². The lowest BCUT2D eigenvalue weighted by Crippen LogP contribution is -2.14. The van der Waals surface area contributed by atoms with Crippen LogP contribution in [0.5, 0.6) is 0 Å². The van der Waals surface area contributed by atoms with Gasteiger partial charge in [-0.05, 0) is 25.8 Å². The van der Waals surface area contributed by atoms with E-state index in [0.29, 0.717) is 6.42 Å². The number of alkyl halides is 2. The molecule has 13 heavy (non-hydrogen) atoms. The van der Waals surface area contributed by atoms with Gasteiger partial charge in [0.1, 0.15) is 0 Å². The van der Waals surface area contributed by atoms with Crippen molar-refractivity contribution < 1.29 is 17.2 Å². The Morgan fingerprint density at radius 3 is 2.31 bits per heavy atom. The van der Waals surface area contributed by atoms with Gasteiger partial charge in [0.15, 0.2) is 0 Å². The van der Waals surface area contributed by atoms with Gasteiger partial charge in [0.25, 0.3) is 0 Å². The molecule has 1 aliphatic rings. The van der Waals surface area contributed by atoms with Gasteiger partial charge in [-0.2, -0.15) is 8.78 Å². The molecule has 0 spiro atoms. The normalized spacial score (nSPS) is 18.5. The van der Waals surface area contributed by atoms with Crippen molar-refractivity contribution in [2.45, 2.75) is 25.5 Å². The summed E-state index contributed by atoms with van der Waals surface area (Å²) in [6, 6.07) is 0. The third kappa shape index (κ3) is 2.15. The number of rotatable bonds is 2. The molecule has 2 nitrogen and oxygen atoms in total. The molecular formula is C8H10F2O2S. The molecule has 5 heteroatoms. The lowest BCUT2D eigenvalue weighted by molar-refractivity contribution is 0.236. The quantitative estimate of drug-likeness (QED) is 0.697. The maximum atomic E-state index is 12.0. The zero-order valence-electron chi connectivity index (χ0n) is 7.13.